The van der Waals surface area contributed by atoms with E-state index in [9.17, 15) is 32.5 Å². The van der Waals surface area contributed by atoms with Crippen LogP contribution in [0.3, 0.4) is 0 Å². The smallest absolute Gasteiger partial charge is 0.301 e. The Bertz CT molecular complexity index is 2790. The Morgan fingerprint density at radius 2 is 1.62 bits per heavy atom. The van der Waals surface area contributed by atoms with Crippen molar-refractivity contribution < 1.29 is 31.5 Å². The zero-order chi connectivity index (χ0) is 44.5. The van der Waals surface area contributed by atoms with Crippen molar-refractivity contribution >= 4 is 50.1 Å². The van der Waals surface area contributed by atoms with Crippen LogP contribution < -0.4 is 30.1 Å². The summed E-state index contributed by atoms with van der Waals surface area (Å²) in [6.07, 6.45) is 4.94. The summed E-state index contributed by atoms with van der Waals surface area (Å²) in [5, 5.41) is 12.5. The molecule has 3 aromatic carbocycles. The maximum absolute atomic E-state index is 15.2. The first kappa shape index (κ1) is 42.8. The van der Waals surface area contributed by atoms with Gasteiger partial charge in [0.2, 0.25) is 11.8 Å². The number of carbonyl (C=O) groups is 2. The first-order chi connectivity index (χ1) is 30.9. The van der Waals surface area contributed by atoms with Crippen LogP contribution in [0.2, 0.25) is 0 Å². The summed E-state index contributed by atoms with van der Waals surface area (Å²) in [5.74, 6) is -0.767. The zero-order valence-electron chi connectivity index (χ0n) is 34.8. The standard InChI is InChI=1S/C45H46F2N10O6S/c46-31-15-18-56(27-31)64(61,62)52-40-10-8-38(47)43(37(40)24-48)63-34-6-9-39-36(23-34)45(60)57(28-50-39)33-4-2-32(3-5-33)54-21-19-53(20-22-54)26-29-13-16-55(17-14-29)41-11-1-30(25-49-41)35-7-12-42(58)51-44(35)59/h1-6,8-11,23,25,28-29,31,35,52H,7,12-22,26-27H2,(H,51,58,59)/t31-,35?/m1/s1. The Morgan fingerprint density at radius 1 is 0.859 bits per heavy atom. The third-order valence-corrected chi connectivity index (χ3v) is 14.1. The van der Waals surface area contributed by atoms with Gasteiger partial charge in [0, 0.05) is 77.2 Å². The number of imide groups is 1. The molecule has 0 spiro atoms. The number of aromatic nitrogens is 3. The second kappa shape index (κ2) is 17.9. The highest BCUT2D eigenvalue weighted by molar-refractivity contribution is 7.90. The Balaban J connectivity index is 0.795. The topological polar surface area (TPSA) is 186 Å². The molecular formula is C45H46F2N10O6S. The Labute approximate surface area is 368 Å². The van der Waals surface area contributed by atoms with Crippen molar-refractivity contribution in [2.24, 2.45) is 5.92 Å². The summed E-state index contributed by atoms with van der Waals surface area (Å²) in [6.45, 7) is 6.11. The van der Waals surface area contributed by atoms with Gasteiger partial charge in [0.1, 0.15) is 35.7 Å². The summed E-state index contributed by atoms with van der Waals surface area (Å²) in [7, 11) is -4.23. The number of anilines is 3. The van der Waals surface area contributed by atoms with Gasteiger partial charge in [0.25, 0.3) is 5.56 Å². The molecule has 4 saturated heterocycles. The van der Waals surface area contributed by atoms with Crippen molar-refractivity contribution in [2.45, 2.75) is 44.2 Å². The number of nitriles is 1. The predicted molar refractivity (Wildman–Crippen MR) is 235 cm³/mol. The predicted octanol–water partition coefficient (Wildman–Crippen LogP) is 4.84. The number of ether oxygens (including phenoxy) is 1. The highest BCUT2D eigenvalue weighted by atomic mass is 32.2. The average Bonchev–Trinajstić information content (AvgIpc) is 3.76. The van der Waals surface area contributed by atoms with Gasteiger partial charge in [-0.3, -0.25) is 33.9 Å². The largest absolute Gasteiger partial charge is 0.453 e. The van der Waals surface area contributed by atoms with E-state index in [1.165, 1.54) is 29.1 Å². The van der Waals surface area contributed by atoms with Gasteiger partial charge in [-0.2, -0.15) is 18.0 Å². The second-order valence-electron chi connectivity index (χ2n) is 16.7. The van der Waals surface area contributed by atoms with Crippen LogP contribution in [0.4, 0.5) is 26.0 Å². The fourth-order valence-electron chi connectivity index (χ4n) is 8.95. The zero-order valence-corrected chi connectivity index (χ0v) is 35.6. The van der Waals surface area contributed by atoms with Gasteiger partial charge in [-0.15, -0.1) is 0 Å². The van der Waals surface area contributed by atoms with Crippen LogP contribution in [-0.2, 0) is 19.8 Å². The number of nitrogens with zero attached hydrogens (tertiary/aromatic N) is 8. The maximum atomic E-state index is 15.2. The minimum atomic E-state index is -4.23. The number of benzene rings is 3. The Kier molecular flexibility index (Phi) is 12.0. The van der Waals surface area contributed by atoms with Gasteiger partial charge in [-0.25, -0.2) is 18.7 Å². The number of hydrogen-bond acceptors (Lipinski definition) is 12. The quantitative estimate of drug-likeness (QED) is 0.172. The molecule has 2 amide bonds. The molecule has 64 heavy (non-hydrogen) atoms. The number of fused-ring (bicyclic) bond motifs is 1. The fourth-order valence-corrected chi connectivity index (χ4v) is 10.2. The van der Waals surface area contributed by atoms with Crippen molar-refractivity contribution in [3.05, 3.63) is 107 Å². The SMILES string of the molecule is N#Cc1c(NS(=O)(=O)N2CC[C@@H](F)C2)ccc(F)c1Oc1ccc2ncn(-c3ccc(N4CCN(CC5CCN(c6ccc(C7CCC(=O)NC7=O)cn6)CC5)CC4)cc3)c(=O)c2c1. The molecule has 2 aromatic heterocycles. The number of piperazine rings is 1. The Morgan fingerprint density at radius 3 is 2.31 bits per heavy atom. The van der Waals surface area contributed by atoms with Gasteiger partial charge in [0.05, 0.1) is 28.2 Å². The van der Waals surface area contributed by atoms with Gasteiger partial charge in [-0.1, -0.05) is 6.07 Å². The lowest BCUT2D eigenvalue weighted by molar-refractivity contribution is -0.134. The molecular weight excluding hydrogens is 847 g/mol. The fraction of sp³-hybridized carbons (Fsp3) is 0.378. The molecule has 2 N–H and O–H groups in total. The number of amides is 2. The van der Waals surface area contributed by atoms with Crippen LogP contribution in [0.15, 0.2) is 84.0 Å². The number of halogens is 2. The third-order valence-electron chi connectivity index (χ3n) is 12.6. The molecule has 4 aliphatic heterocycles. The van der Waals surface area contributed by atoms with Gasteiger partial charge in [-0.05, 0) is 97.8 Å². The molecule has 5 aromatic rings. The molecule has 0 radical (unpaired) electrons. The van der Waals surface area contributed by atoms with E-state index in [0.29, 0.717) is 30.0 Å². The van der Waals surface area contributed by atoms with Crippen molar-refractivity contribution in [3.8, 4) is 23.3 Å². The van der Waals surface area contributed by atoms with E-state index in [0.717, 1.165) is 92.2 Å². The number of alkyl halides is 1. The number of hydrogen-bond donors (Lipinski definition) is 2. The van der Waals surface area contributed by atoms with E-state index in [4.69, 9.17) is 4.74 Å². The van der Waals surface area contributed by atoms with Crippen LogP contribution >= 0.6 is 0 Å². The first-order valence-electron chi connectivity index (χ1n) is 21.4. The molecule has 4 fully saturated rings. The normalized spacial score (nSPS) is 20.3. The Hall–Kier alpha value is -6.49. The molecule has 19 heteroatoms. The van der Waals surface area contributed by atoms with E-state index >= 15 is 4.39 Å². The first-order valence-corrected chi connectivity index (χ1v) is 22.8. The van der Waals surface area contributed by atoms with E-state index in [1.807, 2.05) is 36.4 Å². The van der Waals surface area contributed by atoms with Crippen molar-refractivity contribution in [1.29, 1.82) is 5.26 Å². The molecule has 6 heterocycles. The van der Waals surface area contributed by atoms with Crippen LogP contribution in [-0.4, -0.2) is 109 Å². The van der Waals surface area contributed by atoms with Crippen molar-refractivity contribution in [3.63, 3.8) is 0 Å². The van der Waals surface area contributed by atoms with Gasteiger partial charge in [0.15, 0.2) is 11.6 Å². The highest BCUT2D eigenvalue weighted by Gasteiger charge is 2.33. The lowest BCUT2D eigenvalue weighted by Gasteiger charge is -2.40. The number of piperidine rings is 2. The summed E-state index contributed by atoms with van der Waals surface area (Å²) in [4.78, 5) is 53.9. The summed E-state index contributed by atoms with van der Waals surface area (Å²) in [5.41, 5.74) is 1.77. The average molecular weight is 893 g/mol. The molecule has 4 aliphatic rings. The van der Waals surface area contributed by atoms with Crippen molar-refractivity contribution in [1.82, 2.24) is 29.1 Å². The highest BCUT2D eigenvalue weighted by Crippen LogP contribution is 2.35. The molecule has 0 aliphatic carbocycles. The third kappa shape index (κ3) is 8.98. The summed E-state index contributed by atoms with van der Waals surface area (Å²) < 4.78 is 65.1. The molecule has 16 nitrogen and oxygen atoms in total. The van der Waals surface area contributed by atoms with Crippen LogP contribution in [0, 0.1) is 23.1 Å². The lowest BCUT2D eigenvalue weighted by Crippen LogP contribution is -2.49. The molecule has 9 rings (SSSR count). The molecule has 0 bridgehead atoms. The van der Waals surface area contributed by atoms with E-state index < -0.39 is 39.1 Å². The van der Waals surface area contributed by atoms with Gasteiger partial charge < -0.3 is 14.5 Å². The summed E-state index contributed by atoms with van der Waals surface area (Å²) >= 11 is 0. The van der Waals surface area contributed by atoms with Crippen LogP contribution in [0.1, 0.15) is 49.1 Å². The van der Waals surface area contributed by atoms with Crippen LogP contribution in [0.25, 0.3) is 16.6 Å². The molecule has 2 atom stereocenters. The molecule has 0 saturated carbocycles. The molecule has 1 unspecified atom stereocenters. The number of rotatable bonds is 11. The minimum absolute atomic E-state index is 0.0206. The number of carbonyl (C=O) groups excluding carboxylic acids is 2. The lowest BCUT2D eigenvalue weighted by atomic mass is 9.91. The van der Waals surface area contributed by atoms with Crippen molar-refractivity contribution in [2.75, 3.05) is 73.4 Å². The minimum Gasteiger partial charge on any atom is -0.453 e. The number of pyridine rings is 1. The van der Waals surface area contributed by atoms with Crippen LogP contribution in [0.5, 0.6) is 11.5 Å². The van der Waals surface area contributed by atoms with E-state index in [1.54, 1.807) is 12.3 Å². The van der Waals surface area contributed by atoms with E-state index in [2.05, 4.69) is 34.7 Å². The van der Waals surface area contributed by atoms with E-state index in [-0.39, 0.29) is 54.1 Å². The molecule has 332 valence electrons. The van der Waals surface area contributed by atoms with Gasteiger partial charge >= 0.3 is 10.2 Å². The summed E-state index contributed by atoms with van der Waals surface area (Å²) in [6, 6.07) is 19.9. The maximum Gasteiger partial charge on any atom is 0.301 e. The second-order valence-corrected chi connectivity index (χ2v) is 18.3. The number of nitrogens with one attached hydrogen (secondary N) is 2. The monoisotopic (exact) mass is 892 g/mol.